The number of benzene rings is 1. The van der Waals surface area contributed by atoms with Crippen LogP contribution in [0.1, 0.15) is 11.1 Å². The van der Waals surface area contributed by atoms with Crippen molar-refractivity contribution in [2.45, 2.75) is 6.92 Å². The molecule has 1 saturated heterocycles. The van der Waals surface area contributed by atoms with Gasteiger partial charge in [0, 0.05) is 17.9 Å². The summed E-state index contributed by atoms with van der Waals surface area (Å²) in [5.41, 5.74) is 2.27. The standard InChI is InChI=1S/C11H14N2S/c1-9-2-4-10(5-3-9)11(12)13-6-7-14-8-13/h2-5,12H,6-8H2,1H3. The third-order valence-electron chi connectivity index (χ3n) is 2.39. The van der Waals surface area contributed by atoms with Gasteiger partial charge in [-0.2, -0.15) is 0 Å². The number of aryl methyl sites for hydroxylation is 1. The summed E-state index contributed by atoms with van der Waals surface area (Å²) in [4.78, 5) is 2.12. The predicted molar refractivity (Wildman–Crippen MR) is 62.0 cm³/mol. The van der Waals surface area contributed by atoms with Crippen molar-refractivity contribution >= 4 is 17.6 Å². The number of nitrogens with zero attached hydrogens (tertiary/aromatic N) is 1. The van der Waals surface area contributed by atoms with Crippen molar-refractivity contribution in [2.75, 3.05) is 18.2 Å². The van der Waals surface area contributed by atoms with E-state index in [9.17, 15) is 0 Å². The van der Waals surface area contributed by atoms with Crippen LogP contribution in [0.15, 0.2) is 24.3 Å². The number of hydrogen-bond donors (Lipinski definition) is 1. The topological polar surface area (TPSA) is 27.1 Å². The first kappa shape index (κ1) is 9.59. The second-order valence-corrected chi connectivity index (χ2v) is 4.59. The molecule has 0 amide bonds. The maximum Gasteiger partial charge on any atom is 0.128 e. The predicted octanol–water partition coefficient (Wildman–Crippen LogP) is 2.33. The molecule has 74 valence electrons. The molecule has 2 rings (SSSR count). The lowest BCUT2D eigenvalue weighted by Gasteiger charge is -2.17. The molecule has 1 heterocycles. The zero-order chi connectivity index (χ0) is 9.97. The van der Waals surface area contributed by atoms with Gasteiger partial charge in [-0.05, 0) is 6.92 Å². The van der Waals surface area contributed by atoms with Crippen molar-refractivity contribution < 1.29 is 0 Å². The van der Waals surface area contributed by atoms with Crippen molar-refractivity contribution in [3.8, 4) is 0 Å². The molecule has 0 atom stereocenters. The van der Waals surface area contributed by atoms with Gasteiger partial charge >= 0.3 is 0 Å². The van der Waals surface area contributed by atoms with Crippen LogP contribution in [-0.2, 0) is 0 Å². The molecule has 0 aromatic heterocycles. The Hall–Kier alpha value is -0.960. The number of hydrogen-bond acceptors (Lipinski definition) is 2. The van der Waals surface area contributed by atoms with Crippen LogP contribution >= 0.6 is 11.8 Å². The van der Waals surface area contributed by atoms with Crippen LogP contribution in [0.5, 0.6) is 0 Å². The minimum absolute atomic E-state index is 0.662. The second kappa shape index (κ2) is 4.05. The maximum atomic E-state index is 8.01. The molecular formula is C11H14N2S. The number of thioether (sulfide) groups is 1. The Bertz CT molecular complexity index is 326. The van der Waals surface area contributed by atoms with Crippen LogP contribution < -0.4 is 0 Å². The summed E-state index contributed by atoms with van der Waals surface area (Å²) in [7, 11) is 0. The fourth-order valence-electron chi connectivity index (χ4n) is 1.48. The third-order valence-corrected chi connectivity index (χ3v) is 3.36. The highest BCUT2D eigenvalue weighted by molar-refractivity contribution is 7.99. The molecule has 1 aromatic carbocycles. The monoisotopic (exact) mass is 206 g/mol. The lowest BCUT2D eigenvalue weighted by atomic mass is 10.1. The molecule has 0 radical (unpaired) electrons. The van der Waals surface area contributed by atoms with Crippen LogP contribution in [-0.4, -0.2) is 28.9 Å². The summed E-state index contributed by atoms with van der Waals surface area (Å²) in [6.07, 6.45) is 0. The van der Waals surface area contributed by atoms with Crippen molar-refractivity contribution in [1.82, 2.24) is 4.90 Å². The summed E-state index contributed by atoms with van der Waals surface area (Å²) < 4.78 is 0. The van der Waals surface area contributed by atoms with Gasteiger partial charge in [0.2, 0.25) is 0 Å². The highest BCUT2D eigenvalue weighted by Gasteiger charge is 2.16. The molecule has 0 bridgehead atoms. The van der Waals surface area contributed by atoms with Gasteiger partial charge in [-0.1, -0.05) is 29.8 Å². The summed E-state index contributed by atoms with van der Waals surface area (Å²) in [5, 5.41) is 8.01. The Morgan fingerprint density at radius 3 is 2.64 bits per heavy atom. The quantitative estimate of drug-likeness (QED) is 0.564. The van der Waals surface area contributed by atoms with Crippen LogP contribution in [0, 0.1) is 12.3 Å². The van der Waals surface area contributed by atoms with E-state index in [1.807, 2.05) is 23.9 Å². The van der Waals surface area contributed by atoms with Gasteiger partial charge in [0.15, 0.2) is 0 Å². The van der Waals surface area contributed by atoms with Gasteiger partial charge in [0.25, 0.3) is 0 Å². The Balaban J connectivity index is 2.14. The normalized spacial score (nSPS) is 15.9. The van der Waals surface area contributed by atoms with Crippen molar-refractivity contribution in [1.29, 1.82) is 5.41 Å². The van der Waals surface area contributed by atoms with E-state index in [1.165, 1.54) is 5.56 Å². The minimum atomic E-state index is 0.662. The molecular weight excluding hydrogens is 192 g/mol. The van der Waals surface area contributed by atoms with Gasteiger partial charge in [0.05, 0.1) is 5.88 Å². The fourth-order valence-corrected chi connectivity index (χ4v) is 2.44. The Morgan fingerprint density at radius 2 is 2.07 bits per heavy atom. The number of rotatable bonds is 1. The van der Waals surface area contributed by atoms with Crippen molar-refractivity contribution in [3.63, 3.8) is 0 Å². The Morgan fingerprint density at radius 1 is 1.36 bits per heavy atom. The molecule has 14 heavy (non-hydrogen) atoms. The van der Waals surface area contributed by atoms with Crippen molar-refractivity contribution in [2.24, 2.45) is 0 Å². The van der Waals surface area contributed by atoms with E-state index in [0.717, 1.165) is 23.7 Å². The average molecular weight is 206 g/mol. The summed E-state index contributed by atoms with van der Waals surface area (Å²) in [6, 6.07) is 8.18. The number of amidine groups is 1. The highest BCUT2D eigenvalue weighted by Crippen LogP contribution is 2.16. The molecule has 0 unspecified atom stereocenters. The molecule has 1 fully saturated rings. The SMILES string of the molecule is Cc1ccc(C(=N)N2CCSC2)cc1. The largest absolute Gasteiger partial charge is 0.347 e. The average Bonchev–Trinajstić information content (AvgIpc) is 2.71. The van der Waals surface area contributed by atoms with Gasteiger partial charge in [-0.15, -0.1) is 11.8 Å². The first-order valence-corrected chi connectivity index (χ1v) is 5.91. The van der Waals surface area contributed by atoms with Crippen LogP contribution in [0.4, 0.5) is 0 Å². The van der Waals surface area contributed by atoms with Gasteiger partial charge in [-0.25, -0.2) is 0 Å². The van der Waals surface area contributed by atoms with E-state index < -0.39 is 0 Å². The third kappa shape index (κ3) is 1.93. The van der Waals surface area contributed by atoms with E-state index in [4.69, 9.17) is 5.41 Å². The van der Waals surface area contributed by atoms with E-state index in [2.05, 4.69) is 24.0 Å². The van der Waals surface area contributed by atoms with E-state index in [0.29, 0.717) is 5.84 Å². The molecule has 0 saturated carbocycles. The number of nitrogens with one attached hydrogen (secondary N) is 1. The Labute approximate surface area is 88.8 Å². The van der Waals surface area contributed by atoms with Gasteiger partial charge < -0.3 is 4.90 Å². The summed E-state index contributed by atoms with van der Waals surface area (Å²) >= 11 is 1.89. The first-order chi connectivity index (χ1) is 6.77. The van der Waals surface area contributed by atoms with Crippen LogP contribution in [0.3, 0.4) is 0 Å². The first-order valence-electron chi connectivity index (χ1n) is 4.75. The lowest BCUT2D eigenvalue weighted by molar-refractivity contribution is 0.540. The minimum Gasteiger partial charge on any atom is -0.347 e. The molecule has 1 aliphatic heterocycles. The molecule has 1 N–H and O–H groups in total. The van der Waals surface area contributed by atoms with Crippen LogP contribution in [0.2, 0.25) is 0 Å². The van der Waals surface area contributed by atoms with Gasteiger partial charge in [0.1, 0.15) is 5.84 Å². The van der Waals surface area contributed by atoms with Crippen molar-refractivity contribution in [3.05, 3.63) is 35.4 Å². The smallest absolute Gasteiger partial charge is 0.128 e. The second-order valence-electron chi connectivity index (χ2n) is 3.52. The van der Waals surface area contributed by atoms with Crippen LogP contribution in [0.25, 0.3) is 0 Å². The zero-order valence-electron chi connectivity index (χ0n) is 8.29. The van der Waals surface area contributed by atoms with E-state index in [-0.39, 0.29) is 0 Å². The summed E-state index contributed by atoms with van der Waals surface area (Å²) in [6.45, 7) is 3.08. The molecule has 0 spiro atoms. The van der Waals surface area contributed by atoms with Gasteiger partial charge in [-0.3, -0.25) is 5.41 Å². The lowest BCUT2D eigenvalue weighted by Crippen LogP contribution is -2.27. The molecule has 1 aromatic rings. The zero-order valence-corrected chi connectivity index (χ0v) is 9.10. The summed E-state index contributed by atoms with van der Waals surface area (Å²) in [5.74, 6) is 2.77. The highest BCUT2D eigenvalue weighted by atomic mass is 32.2. The Kier molecular flexibility index (Phi) is 2.77. The molecule has 3 heteroatoms. The maximum absolute atomic E-state index is 8.01. The molecule has 1 aliphatic rings. The molecule has 0 aliphatic carbocycles. The molecule has 2 nitrogen and oxygen atoms in total. The van der Waals surface area contributed by atoms with E-state index in [1.54, 1.807) is 0 Å². The fraction of sp³-hybridized carbons (Fsp3) is 0.364. The van der Waals surface area contributed by atoms with E-state index >= 15 is 0 Å².